The number of aliphatic hydroxyl groups is 1. The molecule has 0 radical (unpaired) electrons. The molecule has 1 aliphatic heterocycles. The van der Waals surface area contributed by atoms with Gasteiger partial charge in [-0.3, -0.25) is 4.79 Å². The summed E-state index contributed by atoms with van der Waals surface area (Å²) in [6, 6.07) is 6.99. The van der Waals surface area contributed by atoms with Crippen molar-refractivity contribution in [3.05, 3.63) is 53.2 Å². The number of amides is 1. The van der Waals surface area contributed by atoms with Crippen molar-refractivity contribution in [3.8, 4) is 23.1 Å². The molecular weight excluding hydrogens is 389 g/mol. The molecule has 1 aliphatic rings. The second kappa shape index (κ2) is 7.22. The number of benzene rings is 1. The number of carbonyl (C=O) groups is 2. The van der Waals surface area contributed by atoms with Crippen molar-refractivity contribution in [2.45, 2.75) is 18.2 Å². The average Bonchev–Trinajstić information content (AvgIpc) is 2.93. The fourth-order valence-corrected chi connectivity index (χ4v) is 2.85. The summed E-state index contributed by atoms with van der Waals surface area (Å²) in [5.74, 6) is 2.79. The van der Waals surface area contributed by atoms with E-state index in [4.69, 9.17) is 0 Å². The van der Waals surface area contributed by atoms with Crippen LogP contribution in [0.3, 0.4) is 0 Å². The normalized spacial score (nSPS) is 19.1. The third-order valence-corrected chi connectivity index (χ3v) is 4.44. The molecule has 1 fully saturated rings. The molecule has 29 heavy (non-hydrogen) atoms. The highest BCUT2D eigenvalue weighted by Crippen LogP contribution is 2.32. The maximum Gasteiger partial charge on any atom is 0.416 e. The van der Waals surface area contributed by atoms with Crippen molar-refractivity contribution in [2.75, 3.05) is 13.6 Å². The molecule has 9 heteroatoms. The average molecular weight is 403 g/mol. The smallest absolute Gasteiger partial charge is 0.416 e. The Bertz CT molecular complexity index is 1060. The third kappa shape index (κ3) is 4.22. The fourth-order valence-electron chi connectivity index (χ4n) is 2.85. The zero-order valence-electron chi connectivity index (χ0n) is 15.1. The molecule has 2 aromatic rings. The van der Waals surface area contributed by atoms with E-state index in [1.807, 2.05) is 0 Å². The van der Waals surface area contributed by atoms with Crippen LogP contribution in [0.15, 0.2) is 36.4 Å². The van der Waals surface area contributed by atoms with Gasteiger partial charge in [-0.15, -0.1) is 0 Å². The Morgan fingerprint density at radius 2 is 2.03 bits per heavy atom. The molecule has 3 rings (SSSR count). The second-order valence-corrected chi connectivity index (χ2v) is 6.58. The van der Waals surface area contributed by atoms with E-state index >= 15 is 0 Å². The highest BCUT2D eigenvalue weighted by molar-refractivity contribution is 5.90. The second-order valence-electron chi connectivity index (χ2n) is 6.58. The number of carbonyl (C=O) groups excluding carboxylic acids is 2. The zero-order chi connectivity index (χ0) is 21.4. The van der Waals surface area contributed by atoms with Crippen molar-refractivity contribution in [2.24, 2.45) is 0 Å². The van der Waals surface area contributed by atoms with Gasteiger partial charge in [0.1, 0.15) is 0 Å². The summed E-state index contributed by atoms with van der Waals surface area (Å²) < 4.78 is 39.2. The minimum atomic E-state index is -4.77. The highest BCUT2D eigenvalue weighted by atomic mass is 19.4. The maximum absolute atomic E-state index is 13.1. The summed E-state index contributed by atoms with van der Waals surface area (Å²) in [5, 5.41) is 21.4. The van der Waals surface area contributed by atoms with Gasteiger partial charge in [0, 0.05) is 31.1 Å². The molecule has 1 aromatic heterocycles. The van der Waals surface area contributed by atoms with Crippen molar-refractivity contribution < 1.29 is 33.0 Å². The summed E-state index contributed by atoms with van der Waals surface area (Å²) in [6.07, 6.45) is -4.63. The number of carboxylic acid groups (broad SMARTS) is 1. The predicted molar refractivity (Wildman–Crippen MR) is 93.1 cm³/mol. The van der Waals surface area contributed by atoms with Crippen LogP contribution in [-0.2, 0) is 11.0 Å². The van der Waals surface area contributed by atoms with Crippen molar-refractivity contribution in [3.63, 3.8) is 0 Å². The van der Waals surface area contributed by atoms with Gasteiger partial charge >= 0.3 is 6.18 Å². The van der Waals surface area contributed by atoms with Crippen LogP contribution in [0.4, 0.5) is 13.2 Å². The van der Waals surface area contributed by atoms with E-state index in [1.165, 1.54) is 36.2 Å². The SMILES string of the molecule is CN1CCC(O)(C#Cc2cccc(-c3cc(C(F)(F)F)cc(C(=O)[O-])n3)c2)C1=O. The van der Waals surface area contributed by atoms with Crippen LogP contribution in [0.25, 0.3) is 11.3 Å². The van der Waals surface area contributed by atoms with Gasteiger partial charge in [-0.1, -0.05) is 24.0 Å². The van der Waals surface area contributed by atoms with Gasteiger partial charge < -0.3 is 19.9 Å². The molecule has 1 unspecified atom stereocenters. The largest absolute Gasteiger partial charge is 0.543 e. The molecule has 1 aromatic carbocycles. The lowest BCUT2D eigenvalue weighted by atomic mass is 10.0. The number of likely N-dealkylation sites (N-methyl/N-ethyl adjacent to an activating group) is 1. The number of halogens is 3. The van der Waals surface area contributed by atoms with E-state index in [1.54, 1.807) is 0 Å². The summed E-state index contributed by atoms with van der Waals surface area (Å²) in [4.78, 5) is 28.1. The van der Waals surface area contributed by atoms with E-state index in [9.17, 15) is 33.0 Å². The summed E-state index contributed by atoms with van der Waals surface area (Å²) in [7, 11) is 1.54. The van der Waals surface area contributed by atoms with E-state index in [-0.39, 0.29) is 17.7 Å². The first-order valence-corrected chi connectivity index (χ1v) is 8.42. The number of pyridine rings is 1. The van der Waals surface area contributed by atoms with Gasteiger partial charge in [-0.05, 0) is 24.3 Å². The summed E-state index contributed by atoms with van der Waals surface area (Å²) in [6.45, 7) is 0.351. The van der Waals surface area contributed by atoms with Gasteiger partial charge in [-0.2, -0.15) is 13.2 Å². The topological polar surface area (TPSA) is 93.6 Å². The molecule has 0 spiro atoms. The minimum Gasteiger partial charge on any atom is -0.543 e. The van der Waals surface area contributed by atoms with Crippen molar-refractivity contribution >= 4 is 11.9 Å². The van der Waals surface area contributed by atoms with Gasteiger partial charge in [0.05, 0.1) is 22.9 Å². The minimum absolute atomic E-state index is 0.138. The van der Waals surface area contributed by atoms with Crippen LogP contribution in [0.2, 0.25) is 0 Å². The van der Waals surface area contributed by atoms with Gasteiger partial charge in [0.2, 0.25) is 5.60 Å². The van der Waals surface area contributed by atoms with Crippen LogP contribution >= 0.6 is 0 Å². The lowest BCUT2D eigenvalue weighted by Gasteiger charge is -2.13. The Kier molecular flexibility index (Phi) is 5.07. The summed E-state index contributed by atoms with van der Waals surface area (Å²) in [5.41, 5.74) is -3.56. The first-order valence-electron chi connectivity index (χ1n) is 8.42. The monoisotopic (exact) mass is 403 g/mol. The molecule has 1 saturated heterocycles. The number of hydrogen-bond acceptors (Lipinski definition) is 5. The number of aromatic carboxylic acids is 1. The number of likely N-dealkylation sites (tertiary alicyclic amines) is 1. The Morgan fingerprint density at radius 3 is 2.62 bits per heavy atom. The molecule has 1 amide bonds. The van der Waals surface area contributed by atoms with E-state index in [0.29, 0.717) is 18.2 Å². The van der Waals surface area contributed by atoms with Crippen LogP contribution < -0.4 is 5.11 Å². The van der Waals surface area contributed by atoms with Gasteiger partial charge in [0.25, 0.3) is 5.91 Å². The highest BCUT2D eigenvalue weighted by Gasteiger charge is 2.42. The van der Waals surface area contributed by atoms with Crippen LogP contribution in [0.1, 0.15) is 28.0 Å². The zero-order valence-corrected chi connectivity index (χ0v) is 15.1. The molecule has 150 valence electrons. The number of nitrogens with zero attached hydrogens (tertiary/aromatic N) is 2. The lowest BCUT2D eigenvalue weighted by molar-refractivity contribution is -0.255. The lowest BCUT2D eigenvalue weighted by Crippen LogP contribution is -2.37. The van der Waals surface area contributed by atoms with Crippen LogP contribution in [0, 0.1) is 11.8 Å². The molecular formula is C20H14F3N2O4-. The number of rotatable bonds is 2. The molecule has 6 nitrogen and oxygen atoms in total. The van der Waals surface area contributed by atoms with Crippen LogP contribution in [-0.4, -0.2) is 46.1 Å². The van der Waals surface area contributed by atoms with E-state index in [0.717, 1.165) is 6.07 Å². The Hall–Kier alpha value is -3.38. The van der Waals surface area contributed by atoms with E-state index < -0.39 is 34.9 Å². The third-order valence-electron chi connectivity index (χ3n) is 4.44. The Balaban J connectivity index is 2.01. The Labute approximate surface area is 163 Å². The number of hydrogen-bond donors (Lipinski definition) is 1. The number of carboxylic acids is 1. The molecule has 1 atom stereocenters. The molecule has 0 aliphatic carbocycles. The maximum atomic E-state index is 13.1. The molecule has 2 heterocycles. The van der Waals surface area contributed by atoms with Gasteiger partial charge in [0.15, 0.2) is 0 Å². The van der Waals surface area contributed by atoms with Crippen molar-refractivity contribution in [1.29, 1.82) is 0 Å². The first-order chi connectivity index (χ1) is 13.5. The number of alkyl halides is 3. The molecule has 0 saturated carbocycles. The fraction of sp³-hybridized carbons (Fsp3) is 0.250. The first kappa shape index (κ1) is 20.4. The molecule has 1 N–H and O–H groups in total. The van der Waals surface area contributed by atoms with Crippen LogP contribution in [0.5, 0.6) is 0 Å². The predicted octanol–water partition coefficient (Wildman–Crippen LogP) is 1.08. The quantitative estimate of drug-likeness (QED) is 0.758. The van der Waals surface area contributed by atoms with Crippen molar-refractivity contribution in [1.82, 2.24) is 9.88 Å². The number of aromatic nitrogens is 1. The summed E-state index contributed by atoms with van der Waals surface area (Å²) >= 11 is 0. The Morgan fingerprint density at radius 1 is 1.31 bits per heavy atom. The van der Waals surface area contributed by atoms with E-state index in [2.05, 4.69) is 16.8 Å². The standard InChI is InChI=1S/C20H15F3N2O4/c1-25-8-7-19(29,18(25)28)6-5-12-3-2-4-13(9-12)15-10-14(20(21,22)23)11-16(24-15)17(26)27/h2-4,9-11,29H,7-8H2,1H3,(H,26,27)/p-1. The molecule has 0 bridgehead atoms. The van der Waals surface area contributed by atoms with Gasteiger partial charge in [-0.25, -0.2) is 4.98 Å².